The molecule has 15 heavy (non-hydrogen) atoms. The van der Waals surface area contributed by atoms with Crippen LogP contribution in [0.5, 0.6) is 0 Å². The first-order valence-corrected chi connectivity index (χ1v) is 7.66. The van der Waals surface area contributed by atoms with Gasteiger partial charge < -0.3 is 5.32 Å². The van der Waals surface area contributed by atoms with E-state index in [-0.39, 0.29) is 0 Å². The second-order valence-electron chi connectivity index (χ2n) is 3.85. The van der Waals surface area contributed by atoms with Crippen LogP contribution in [0.3, 0.4) is 0 Å². The minimum atomic E-state index is 0.818. The first-order valence-electron chi connectivity index (χ1n) is 5.63. The molecule has 1 aliphatic rings. The Bertz CT molecular complexity index is 295. The fourth-order valence-electron chi connectivity index (χ4n) is 1.41. The SMILES string of the molecule is CCSCc1nc(CCNC2CC2)cs1. The zero-order chi connectivity index (χ0) is 10.5. The van der Waals surface area contributed by atoms with Gasteiger partial charge in [0.1, 0.15) is 5.01 Å². The van der Waals surface area contributed by atoms with E-state index in [9.17, 15) is 0 Å². The Morgan fingerprint density at radius 2 is 2.47 bits per heavy atom. The first-order chi connectivity index (χ1) is 7.38. The topological polar surface area (TPSA) is 24.9 Å². The molecule has 1 aromatic rings. The van der Waals surface area contributed by atoms with Crippen molar-refractivity contribution in [2.75, 3.05) is 12.3 Å². The van der Waals surface area contributed by atoms with E-state index in [1.807, 2.05) is 11.8 Å². The van der Waals surface area contributed by atoms with Crippen LogP contribution < -0.4 is 5.32 Å². The zero-order valence-electron chi connectivity index (χ0n) is 9.16. The number of hydrogen-bond donors (Lipinski definition) is 1. The lowest BCUT2D eigenvalue weighted by molar-refractivity contribution is 0.676. The lowest BCUT2D eigenvalue weighted by Crippen LogP contribution is -2.19. The molecule has 1 fully saturated rings. The predicted molar refractivity (Wildman–Crippen MR) is 68.7 cm³/mol. The highest BCUT2D eigenvalue weighted by Crippen LogP contribution is 2.19. The second-order valence-corrected chi connectivity index (χ2v) is 6.07. The van der Waals surface area contributed by atoms with Crippen LogP contribution in [0.2, 0.25) is 0 Å². The second kappa shape index (κ2) is 5.87. The fraction of sp³-hybridized carbons (Fsp3) is 0.727. The van der Waals surface area contributed by atoms with Crippen LogP contribution >= 0.6 is 23.1 Å². The molecule has 1 saturated carbocycles. The van der Waals surface area contributed by atoms with Crippen molar-refractivity contribution in [3.05, 3.63) is 16.1 Å². The summed E-state index contributed by atoms with van der Waals surface area (Å²) in [6.07, 6.45) is 3.83. The van der Waals surface area contributed by atoms with Crippen molar-refractivity contribution in [1.82, 2.24) is 10.3 Å². The van der Waals surface area contributed by atoms with Crippen molar-refractivity contribution in [3.63, 3.8) is 0 Å². The van der Waals surface area contributed by atoms with E-state index in [1.165, 1.54) is 29.3 Å². The molecule has 1 aromatic heterocycles. The Morgan fingerprint density at radius 1 is 1.60 bits per heavy atom. The van der Waals surface area contributed by atoms with Crippen molar-refractivity contribution < 1.29 is 0 Å². The van der Waals surface area contributed by atoms with E-state index < -0.39 is 0 Å². The number of nitrogens with one attached hydrogen (secondary N) is 1. The molecule has 2 rings (SSSR count). The summed E-state index contributed by atoms with van der Waals surface area (Å²) in [5, 5.41) is 7.01. The molecular weight excluding hydrogens is 224 g/mol. The van der Waals surface area contributed by atoms with Crippen LogP contribution in [0.4, 0.5) is 0 Å². The molecule has 1 N–H and O–H groups in total. The van der Waals surface area contributed by atoms with Gasteiger partial charge in [-0.3, -0.25) is 0 Å². The van der Waals surface area contributed by atoms with Crippen molar-refractivity contribution in [3.8, 4) is 0 Å². The van der Waals surface area contributed by atoms with E-state index >= 15 is 0 Å². The number of aromatic nitrogens is 1. The van der Waals surface area contributed by atoms with Gasteiger partial charge in [0.05, 0.1) is 5.69 Å². The van der Waals surface area contributed by atoms with E-state index in [0.29, 0.717) is 0 Å². The van der Waals surface area contributed by atoms with Gasteiger partial charge in [-0.1, -0.05) is 6.92 Å². The van der Waals surface area contributed by atoms with Gasteiger partial charge in [0.25, 0.3) is 0 Å². The van der Waals surface area contributed by atoms with Crippen LogP contribution in [0.15, 0.2) is 5.38 Å². The summed E-state index contributed by atoms with van der Waals surface area (Å²) in [5.74, 6) is 2.26. The Balaban J connectivity index is 1.68. The smallest absolute Gasteiger partial charge is 0.103 e. The molecule has 0 unspecified atom stereocenters. The summed E-state index contributed by atoms with van der Waals surface area (Å²) < 4.78 is 0. The molecule has 84 valence electrons. The van der Waals surface area contributed by atoms with Crippen LogP contribution in [0, 0.1) is 0 Å². The average molecular weight is 242 g/mol. The van der Waals surface area contributed by atoms with E-state index in [4.69, 9.17) is 0 Å². The standard InChI is InChI=1S/C11H18N2S2/c1-2-14-8-11-13-10(7-15-11)5-6-12-9-3-4-9/h7,9,12H,2-6,8H2,1H3. The van der Waals surface area contributed by atoms with Gasteiger partial charge in [-0.25, -0.2) is 4.98 Å². The quantitative estimate of drug-likeness (QED) is 0.796. The molecule has 0 radical (unpaired) electrons. The minimum absolute atomic E-state index is 0.818. The van der Waals surface area contributed by atoms with Gasteiger partial charge >= 0.3 is 0 Å². The van der Waals surface area contributed by atoms with Gasteiger partial charge in [-0.05, 0) is 18.6 Å². The number of thiazole rings is 1. The monoisotopic (exact) mass is 242 g/mol. The Kier molecular flexibility index (Phi) is 4.47. The molecule has 0 spiro atoms. The maximum atomic E-state index is 4.62. The van der Waals surface area contributed by atoms with Gasteiger partial charge in [-0.2, -0.15) is 11.8 Å². The predicted octanol–water partition coefficient (Wildman–Crippen LogP) is 2.69. The number of rotatable bonds is 7. The van der Waals surface area contributed by atoms with Crippen molar-refractivity contribution in [2.45, 2.75) is 38.0 Å². The summed E-state index contributed by atoms with van der Waals surface area (Å²) >= 11 is 3.75. The third kappa shape index (κ3) is 4.13. The largest absolute Gasteiger partial charge is 0.314 e. The number of nitrogens with zero attached hydrogens (tertiary/aromatic N) is 1. The van der Waals surface area contributed by atoms with Crippen molar-refractivity contribution in [1.29, 1.82) is 0 Å². The van der Waals surface area contributed by atoms with Crippen LogP contribution in [-0.2, 0) is 12.2 Å². The van der Waals surface area contributed by atoms with Crippen LogP contribution in [-0.4, -0.2) is 23.3 Å². The molecule has 0 atom stereocenters. The summed E-state index contributed by atoms with van der Waals surface area (Å²) in [6, 6.07) is 0.818. The lowest BCUT2D eigenvalue weighted by atomic mass is 10.3. The molecule has 0 saturated heterocycles. The molecule has 0 amide bonds. The maximum Gasteiger partial charge on any atom is 0.103 e. The number of hydrogen-bond acceptors (Lipinski definition) is 4. The van der Waals surface area contributed by atoms with Gasteiger partial charge in [0, 0.05) is 30.1 Å². The van der Waals surface area contributed by atoms with Crippen LogP contribution in [0.25, 0.3) is 0 Å². The summed E-state index contributed by atoms with van der Waals surface area (Å²) in [7, 11) is 0. The number of thioether (sulfide) groups is 1. The summed E-state index contributed by atoms with van der Waals surface area (Å²) in [6.45, 7) is 3.29. The molecule has 2 nitrogen and oxygen atoms in total. The van der Waals surface area contributed by atoms with E-state index in [1.54, 1.807) is 11.3 Å². The Hall–Kier alpha value is -0.0600. The maximum absolute atomic E-state index is 4.62. The molecule has 0 bridgehead atoms. The molecule has 1 aliphatic carbocycles. The molecule has 1 heterocycles. The minimum Gasteiger partial charge on any atom is -0.314 e. The third-order valence-corrected chi connectivity index (χ3v) is 4.39. The Morgan fingerprint density at radius 3 is 3.20 bits per heavy atom. The highest BCUT2D eigenvalue weighted by atomic mass is 32.2. The first kappa shape index (κ1) is 11.4. The normalized spacial score (nSPS) is 15.8. The summed E-state index contributed by atoms with van der Waals surface area (Å²) in [5.41, 5.74) is 1.26. The Labute approximate surface area is 99.9 Å². The lowest BCUT2D eigenvalue weighted by Gasteiger charge is -1.99. The summed E-state index contributed by atoms with van der Waals surface area (Å²) in [4.78, 5) is 4.62. The highest BCUT2D eigenvalue weighted by Gasteiger charge is 2.19. The van der Waals surface area contributed by atoms with Gasteiger partial charge in [-0.15, -0.1) is 11.3 Å². The average Bonchev–Trinajstić information content (AvgIpc) is 2.95. The van der Waals surface area contributed by atoms with Crippen molar-refractivity contribution >= 4 is 23.1 Å². The van der Waals surface area contributed by atoms with E-state index in [0.717, 1.165) is 24.8 Å². The molecule has 0 aliphatic heterocycles. The molecular formula is C11H18N2S2. The zero-order valence-corrected chi connectivity index (χ0v) is 10.8. The van der Waals surface area contributed by atoms with E-state index in [2.05, 4.69) is 22.6 Å². The highest BCUT2D eigenvalue weighted by molar-refractivity contribution is 7.98. The molecule has 0 aromatic carbocycles. The molecule has 4 heteroatoms. The third-order valence-electron chi connectivity index (χ3n) is 2.42. The van der Waals surface area contributed by atoms with Gasteiger partial charge in [0.15, 0.2) is 0 Å². The fourth-order valence-corrected chi connectivity index (χ4v) is 2.99. The van der Waals surface area contributed by atoms with Gasteiger partial charge in [0.2, 0.25) is 0 Å². The van der Waals surface area contributed by atoms with Crippen molar-refractivity contribution in [2.24, 2.45) is 0 Å². The van der Waals surface area contributed by atoms with Crippen LogP contribution in [0.1, 0.15) is 30.5 Å².